The lowest BCUT2D eigenvalue weighted by atomic mass is 10.1. The molecule has 7 nitrogen and oxygen atoms in total. The van der Waals surface area contributed by atoms with Crippen LogP contribution in [-0.4, -0.2) is 53.0 Å². The minimum Gasteiger partial charge on any atom is -0.495 e. The van der Waals surface area contributed by atoms with Crippen LogP contribution in [0.4, 0.5) is 5.69 Å². The number of nitrogens with zero attached hydrogens (tertiary/aromatic N) is 4. The van der Waals surface area contributed by atoms with Crippen molar-refractivity contribution in [2.24, 2.45) is 0 Å². The summed E-state index contributed by atoms with van der Waals surface area (Å²) in [6, 6.07) is 13.1. The van der Waals surface area contributed by atoms with E-state index in [1.165, 1.54) is 6.42 Å². The first kappa shape index (κ1) is 21.8. The lowest BCUT2D eigenvalue weighted by molar-refractivity contribution is -0.132. The summed E-state index contributed by atoms with van der Waals surface area (Å²) in [7, 11) is 1.58. The fraction of sp³-hybridized carbons (Fsp3) is 0.400. The second-order valence-electron chi connectivity index (χ2n) is 8.71. The Hall–Kier alpha value is -3.06. The lowest BCUT2D eigenvalue weighted by Crippen LogP contribution is -2.38. The zero-order valence-corrected chi connectivity index (χ0v) is 19.4. The zero-order chi connectivity index (χ0) is 22.9. The van der Waals surface area contributed by atoms with Crippen molar-refractivity contribution < 1.29 is 14.3 Å². The molecule has 33 heavy (non-hydrogen) atoms. The summed E-state index contributed by atoms with van der Waals surface area (Å²) in [5, 5.41) is 0.543. The van der Waals surface area contributed by atoms with Crippen molar-refractivity contribution in [2.45, 2.75) is 38.1 Å². The van der Waals surface area contributed by atoms with Gasteiger partial charge in [-0.3, -0.25) is 9.59 Å². The number of hydrogen-bond acceptors (Lipinski definition) is 4. The van der Waals surface area contributed by atoms with E-state index in [2.05, 4.69) is 0 Å². The molecule has 2 aromatic carbocycles. The van der Waals surface area contributed by atoms with E-state index in [0.717, 1.165) is 42.8 Å². The molecule has 0 unspecified atom stereocenters. The monoisotopic (exact) mass is 466 g/mol. The third-order valence-electron chi connectivity index (χ3n) is 6.61. The molecule has 3 heterocycles. The molecule has 2 amide bonds. The highest BCUT2D eigenvalue weighted by atomic mass is 35.5. The van der Waals surface area contributed by atoms with Crippen LogP contribution in [0.2, 0.25) is 5.02 Å². The number of likely N-dealkylation sites (tertiary alicyclic amines) is 1. The van der Waals surface area contributed by atoms with Gasteiger partial charge in [0.15, 0.2) is 0 Å². The van der Waals surface area contributed by atoms with Gasteiger partial charge in [0.25, 0.3) is 0 Å². The zero-order valence-electron chi connectivity index (χ0n) is 18.7. The number of imidazole rings is 1. The summed E-state index contributed by atoms with van der Waals surface area (Å²) in [4.78, 5) is 34.7. The molecule has 0 spiro atoms. The first-order valence-corrected chi connectivity index (χ1v) is 11.8. The Kier molecular flexibility index (Phi) is 5.98. The first-order valence-electron chi connectivity index (χ1n) is 11.4. The largest absolute Gasteiger partial charge is 0.495 e. The van der Waals surface area contributed by atoms with Gasteiger partial charge in [-0.25, -0.2) is 4.98 Å². The molecule has 3 aromatic rings. The number of fused-ring (bicyclic) bond motifs is 1. The van der Waals surface area contributed by atoms with Crippen LogP contribution in [0.3, 0.4) is 0 Å². The van der Waals surface area contributed by atoms with Crippen molar-refractivity contribution in [1.29, 1.82) is 0 Å². The number of para-hydroxylation sites is 2. The number of carbonyl (C=O) groups is 2. The van der Waals surface area contributed by atoms with Crippen molar-refractivity contribution in [1.82, 2.24) is 14.5 Å². The molecule has 2 saturated heterocycles. The number of halogens is 1. The SMILES string of the molecule is COc1ccc(Cl)cc1N1C[C@H](c2nc3ccccc3n2CC(=O)N2CCCCC2)CC1=O. The van der Waals surface area contributed by atoms with E-state index >= 15 is 0 Å². The number of carbonyl (C=O) groups excluding carboxylic acids is 2. The molecule has 2 fully saturated rings. The molecule has 0 aliphatic carbocycles. The first-order chi connectivity index (χ1) is 16.0. The molecule has 8 heteroatoms. The van der Waals surface area contributed by atoms with Crippen molar-refractivity contribution >= 4 is 40.1 Å². The maximum absolute atomic E-state index is 13.1. The average Bonchev–Trinajstić information content (AvgIpc) is 3.40. The van der Waals surface area contributed by atoms with E-state index in [1.807, 2.05) is 33.7 Å². The van der Waals surface area contributed by atoms with Gasteiger partial charge >= 0.3 is 0 Å². The summed E-state index contributed by atoms with van der Waals surface area (Å²) < 4.78 is 7.47. The van der Waals surface area contributed by atoms with Gasteiger partial charge in [-0.2, -0.15) is 0 Å². The van der Waals surface area contributed by atoms with E-state index in [4.69, 9.17) is 21.3 Å². The van der Waals surface area contributed by atoms with Crippen LogP contribution < -0.4 is 9.64 Å². The summed E-state index contributed by atoms with van der Waals surface area (Å²) in [5.74, 6) is 1.33. The summed E-state index contributed by atoms with van der Waals surface area (Å²) in [5.41, 5.74) is 2.42. The topological polar surface area (TPSA) is 67.7 Å². The average molecular weight is 467 g/mol. The van der Waals surface area contributed by atoms with E-state index in [9.17, 15) is 9.59 Å². The van der Waals surface area contributed by atoms with Gasteiger partial charge in [-0.15, -0.1) is 0 Å². The molecule has 0 bridgehead atoms. The van der Waals surface area contributed by atoms with Crippen LogP contribution in [-0.2, 0) is 16.1 Å². The van der Waals surface area contributed by atoms with Crippen LogP contribution >= 0.6 is 11.6 Å². The van der Waals surface area contributed by atoms with Gasteiger partial charge < -0.3 is 19.1 Å². The molecular weight excluding hydrogens is 440 g/mol. The van der Waals surface area contributed by atoms with Crippen LogP contribution in [0.25, 0.3) is 11.0 Å². The Bertz CT molecular complexity index is 1200. The van der Waals surface area contributed by atoms with E-state index in [-0.39, 0.29) is 24.3 Å². The smallest absolute Gasteiger partial charge is 0.242 e. The minimum absolute atomic E-state index is 0.0125. The molecular formula is C25H27ClN4O3. The number of amides is 2. The van der Waals surface area contributed by atoms with E-state index in [1.54, 1.807) is 30.2 Å². The van der Waals surface area contributed by atoms with Crippen molar-refractivity contribution in [3.05, 3.63) is 53.3 Å². The predicted molar refractivity (Wildman–Crippen MR) is 128 cm³/mol. The van der Waals surface area contributed by atoms with Crippen LogP contribution in [0.5, 0.6) is 5.75 Å². The van der Waals surface area contributed by atoms with Gasteiger partial charge in [-0.1, -0.05) is 23.7 Å². The van der Waals surface area contributed by atoms with Crippen molar-refractivity contribution in [3.63, 3.8) is 0 Å². The third-order valence-corrected chi connectivity index (χ3v) is 6.84. The number of aromatic nitrogens is 2. The number of rotatable bonds is 5. The molecule has 1 aromatic heterocycles. The molecule has 2 aliphatic rings. The second kappa shape index (κ2) is 9.06. The van der Waals surface area contributed by atoms with E-state index in [0.29, 0.717) is 29.4 Å². The quantitative estimate of drug-likeness (QED) is 0.564. The van der Waals surface area contributed by atoms with Crippen LogP contribution in [0.15, 0.2) is 42.5 Å². The number of anilines is 1. The Morgan fingerprint density at radius 3 is 2.73 bits per heavy atom. The van der Waals surface area contributed by atoms with Crippen LogP contribution in [0.1, 0.15) is 37.4 Å². The third kappa shape index (κ3) is 4.17. The van der Waals surface area contributed by atoms with Gasteiger partial charge in [0.05, 0.1) is 23.8 Å². The highest BCUT2D eigenvalue weighted by molar-refractivity contribution is 6.31. The maximum Gasteiger partial charge on any atom is 0.242 e. The van der Waals surface area contributed by atoms with Gasteiger partial charge in [0.1, 0.15) is 18.1 Å². The highest BCUT2D eigenvalue weighted by Gasteiger charge is 2.36. The molecule has 5 rings (SSSR count). The van der Waals surface area contributed by atoms with Crippen molar-refractivity contribution in [2.75, 3.05) is 31.6 Å². The summed E-state index contributed by atoms with van der Waals surface area (Å²) >= 11 is 6.21. The Morgan fingerprint density at radius 1 is 1.15 bits per heavy atom. The molecule has 0 N–H and O–H groups in total. The van der Waals surface area contributed by atoms with Crippen molar-refractivity contribution in [3.8, 4) is 5.75 Å². The normalized spacial score (nSPS) is 18.8. The van der Waals surface area contributed by atoms with E-state index < -0.39 is 0 Å². The lowest BCUT2D eigenvalue weighted by Gasteiger charge is -2.27. The minimum atomic E-state index is -0.136. The van der Waals surface area contributed by atoms with Gasteiger partial charge in [-0.05, 0) is 49.6 Å². The Labute approximate surface area is 197 Å². The Morgan fingerprint density at radius 2 is 1.94 bits per heavy atom. The van der Waals surface area contributed by atoms with Gasteiger partial charge in [0.2, 0.25) is 11.8 Å². The number of piperidine rings is 1. The van der Waals surface area contributed by atoms with Crippen LogP contribution in [0, 0.1) is 0 Å². The summed E-state index contributed by atoms with van der Waals surface area (Å²) in [6.07, 6.45) is 3.60. The Balaban J connectivity index is 1.47. The molecule has 0 radical (unpaired) electrons. The standard InChI is InChI=1S/C25H27ClN4O3/c1-33-22-10-9-18(26)14-21(22)29-15-17(13-23(29)31)25-27-19-7-3-4-8-20(19)30(25)16-24(32)28-11-5-2-6-12-28/h3-4,7-10,14,17H,2,5-6,11-13,15-16H2,1H3/t17-/m1/s1. The van der Waals surface area contributed by atoms with Gasteiger partial charge in [0, 0.05) is 37.0 Å². The molecule has 0 saturated carbocycles. The predicted octanol–water partition coefficient (Wildman–Crippen LogP) is 4.23. The fourth-order valence-electron chi connectivity index (χ4n) is 4.94. The second-order valence-corrected chi connectivity index (χ2v) is 9.14. The fourth-order valence-corrected chi connectivity index (χ4v) is 5.10. The maximum atomic E-state index is 13.1. The number of benzene rings is 2. The number of hydrogen-bond donors (Lipinski definition) is 0. The molecule has 172 valence electrons. The molecule has 2 aliphatic heterocycles. The molecule has 1 atom stereocenters. The number of ether oxygens (including phenoxy) is 1. The number of methoxy groups -OCH3 is 1. The summed E-state index contributed by atoms with van der Waals surface area (Å²) in [6.45, 7) is 2.31. The highest BCUT2D eigenvalue weighted by Crippen LogP contribution is 2.38.